The number of anilines is 1. The fraction of sp³-hybridized carbons (Fsp3) is 0.0714. The quantitative estimate of drug-likeness (QED) is 0.897. The van der Waals surface area contributed by atoms with E-state index in [9.17, 15) is 4.39 Å². The highest BCUT2D eigenvalue weighted by molar-refractivity contribution is 6.32. The molecular formula is C14H9Cl2FN2. The summed E-state index contributed by atoms with van der Waals surface area (Å²) < 4.78 is 13.5. The molecule has 0 radical (unpaired) electrons. The van der Waals surface area contributed by atoms with Crippen LogP contribution in [0.15, 0.2) is 36.4 Å². The molecule has 5 heteroatoms. The second-order valence-electron chi connectivity index (χ2n) is 3.90. The minimum Gasteiger partial charge on any atom is -0.381 e. The molecule has 19 heavy (non-hydrogen) atoms. The van der Waals surface area contributed by atoms with Crippen LogP contribution in [-0.2, 0) is 6.54 Å². The standard InChI is InChI=1S/C14H9Cl2FN2/c15-11-2-4-14(17)10(5-11)8-19-12-3-1-9(7-18)13(16)6-12/h1-6,19H,8H2. The molecule has 0 aliphatic carbocycles. The Morgan fingerprint density at radius 2 is 1.95 bits per heavy atom. The van der Waals surface area contributed by atoms with Crippen LogP contribution in [0.2, 0.25) is 10.0 Å². The van der Waals surface area contributed by atoms with Gasteiger partial charge in [0.25, 0.3) is 0 Å². The van der Waals surface area contributed by atoms with Gasteiger partial charge in [0, 0.05) is 22.8 Å². The van der Waals surface area contributed by atoms with Crippen LogP contribution in [-0.4, -0.2) is 0 Å². The van der Waals surface area contributed by atoms with E-state index < -0.39 is 0 Å². The molecule has 0 amide bonds. The molecule has 2 aromatic carbocycles. The summed E-state index contributed by atoms with van der Waals surface area (Å²) in [7, 11) is 0. The van der Waals surface area contributed by atoms with Gasteiger partial charge in [0.2, 0.25) is 0 Å². The second-order valence-corrected chi connectivity index (χ2v) is 4.74. The molecule has 0 aromatic heterocycles. The van der Waals surface area contributed by atoms with Crippen LogP contribution in [0, 0.1) is 17.1 Å². The van der Waals surface area contributed by atoms with Gasteiger partial charge >= 0.3 is 0 Å². The second kappa shape index (κ2) is 5.92. The first-order valence-corrected chi connectivity index (χ1v) is 6.23. The Bertz CT molecular complexity index is 650. The monoisotopic (exact) mass is 294 g/mol. The third-order valence-electron chi connectivity index (χ3n) is 2.58. The first-order valence-electron chi connectivity index (χ1n) is 5.47. The molecule has 2 rings (SSSR count). The van der Waals surface area contributed by atoms with Crippen molar-refractivity contribution in [2.75, 3.05) is 5.32 Å². The first-order chi connectivity index (χ1) is 9.10. The maximum absolute atomic E-state index is 13.5. The van der Waals surface area contributed by atoms with Crippen LogP contribution >= 0.6 is 23.2 Å². The summed E-state index contributed by atoms with van der Waals surface area (Å²) in [5.74, 6) is -0.323. The van der Waals surface area contributed by atoms with Crippen LogP contribution in [0.3, 0.4) is 0 Å². The summed E-state index contributed by atoms with van der Waals surface area (Å²) >= 11 is 11.7. The first kappa shape index (κ1) is 13.7. The Morgan fingerprint density at radius 3 is 2.63 bits per heavy atom. The van der Waals surface area contributed by atoms with E-state index in [4.69, 9.17) is 28.5 Å². The Kier molecular flexibility index (Phi) is 4.26. The largest absolute Gasteiger partial charge is 0.381 e. The molecule has 0 aliphatic rings. The number of hydrogen-bond donors (Lipinski definition) is 1. The Hall–Kier alpha value is -1.76. The predicted octanol–water partition coefficient (Wildman–Crippen LogP) is 4.62. The number of benzene rings is 2. The zero-order valence-corrected chi connectivity index (χ0v) is 11.3. The smallest absolute Gasteiger partial charge is 0.128 e. The van der Waals surface area contributed by atoms with Crippen molar-refractivity contribution in [3.8, 4) is 6.07 Å². The molecule has 0 atom stereocenters. The van der Waals surface area contributed by atoms with E-state index in [1.54, 1.807) is 24.3 Å². The van der Waals surface area contributed by atoms with Gasteiger partial charge in [0.15, 0.2) is 0 Å². The van der Waals surface area contributed by atoms with E-state index in [1.165, 1.54) is 12.1 Å². The number of nitrogens with zero attached hydrogens (tertiary/aromatic N) is 1. The molecule has 1 N–H and O–H groups in total. The minimum absolute atomic E-state index is 0.286. The van der Waals surface area contributed by atoms with Crippen LogP contribution < -0.4 is 5.32 Å². The van der Waals surface area contributed by atoms with Gasteiger partial charge in [0.05, 0.1) is 10.6 Å². The van der Waals surface area contributed by atoms with Crippen molar-refractivity contribution >= 4 is 28.9 Å². The molecule has 0 spiro atoms. The summed E-state index contributed by atoms with van der Waals surface area (Å²) in [6.45, 7) is 0.286. The Balaban J connectivity index is 2.13. The van der Waals surface area contributed by atoms with Crippen molar-refractivity contribution in [1.29, 1.82) is 5.26 Å². The summed E-state index contributed by atoms with van der Waals surface area (Å²) in [5.41, 5.74) is 1.58. The lowest BCUT2D eigenvalue weighted by Crippen LogP contribution is -2.02. The fourth-order valence-electron chi connectivity index (χ4n) is 1.59. The number of nitriles is 1. The fourth-order valence-corrected chi connectivity index (χ4v) is 2.01. The van der Waals surface area contributed by atoms with Gasteiger partial charge in [-0.2, -0.15) is 5.26 Å². The average molecular weight is 295 g/mol. The molecule has 0 unspecified atom stereocenters. The van der Waals surface area contributed by atoms with E-state index in [1.807, 2.05) is 6.07 Å². The highest BCUT2D eigenvalue weighted by atomic mass is 35.5. The Labute approximate surface area is 120 Å². The van der Waals surface area contributed by atoms with Crippen molar-refractivity contribution < 1.29 is 4.39 Å². The SMILES string of the molecule is N#Cc1ccc(NCc2cc(Cl)ccc2F)cc1Cl. The van der Waals surface area contributed by atoms with Crippen LogP contribution in [0.5, 0.6) is 0 Å². The lowest BCUT2D eigenvalue weighted by molar-refractivity contribution is 0.613. The minimum atomic E-state index is -0.323. The zero-order chi connectivity index (χ0) is 13.8. The average Bonchev–Trinajstić information content (AvgIpc) is 2.40. The molecular weight excluding hydrogens is 286 g/mol. The molecule has 0 heterocycles. The molecule has 96 valence electrons. The lowest BCUT2D eigenvalue weighted by atomic mass is 10.2. The topological polar surface area (TPSA) is 35.8 Å². The third kappa shape index (κ3) is 3.37. The van der Waals surface area contributed by atoms with Crippen molar-refractivity contribution in [2.24, 2.45) is 0 Å². The number of halogens is 3. The molecule has 0 fully saturated rings. The summed E-state index contributed by atoms with van der Waals surface area (Å²) in [6.07, 6.45) is 0. The normalized spacial score (nSPS) is 10.0. The Morgan fingerprint density at radius 1 is 1.16 bits per heavy atom. The zero-order valence-electron chi connectivity index (χ0n) is 9.75. The van der Waals surface area contributed by atoms with E-state index in [-0.39, 0.29) is 12.4 Å². The van der Waals surface area contributed by atoms with Gasteiger partial charge in [-0.25, -0.2) is 4.39 Å². The van der Waals surface area contributed by atoms with Gasteiger partial charge in [-0.3, -0.25) is 0 Å². The summed E-state index contributed by atoms with van der Waals surface area (Å²) in [4.78, 5) is 0. The van der Waals surface area contributed by atoms with E-state index >= 15 is 0 Å². The van der Waals surface area contributed by atoms with Gasteiger partial charge in [-0.05, 0) is 36.4 Å². The van der Waals surface area contributed by atoms with Crippen molar-refractivity contribution in [1.82, 2.24) is 0 Å². The van der Waals surface area contributed by atoms with Crippen molar-refractivity contribution in [2.45, 2.75) is 6.54 Å². The maximum Gasteiger partial charge on any atom is 0.128 e. The lowest BCUT2D eigenvalue weighted by Gasteiger charge is -2.08. The van der Waals surface area contributed by atoms with Gasteiger partial charge in [-0.15, -0.1) is 0 Å². The van der Waals surface area contributed by atoms with Crippen molar-refractivity contribution in [3.05, 3.63) is 63.4 Å². The highest BCUT2D eigenvalue weighted by Crippen LogP contribution is 2.21. The molecule has 0 bridgehead atoms. The van der Waals surface area contributed by atoms with Gasteiger partial charge in [-0.1, -0.05) is 23.2 Å². The number of rotatable bonds is 3. The summed E-state index contributed by atoms with van der Waals surface area (Å²) in [5, 5.41) is 12.6. The van der Waals surface area contributed by atoms with E-state index in [2.05, 4.69) is 5.32 Å². The van der Waals surface area contributed by atoms with E-state index in [0.717, 1.165) is 0 Å². The van der Waals surface area contributed by atoms with E-state index in [0.29, 0.717) is 26.9 Å². The molecule has 2 aromatic rings. The van der Waals surface area contributed by atoms with Gasteiger partial charge < -0.3 is 5.32 Å². The van der Waals surface area contributed by atoms with Crippen LogP contribution in [0.1, 0.15) is 11.1 Å². The molecule has 0 aliphatic heterocycles. The maximum atomic E-state index is 13.5. The van der Waals surface area contributed by atoms with Crippen LogP contribution in [0.25, 0.3) is 0 Å². The predicted molar refractivity (Wildman–Crippen MR) is 74.9 cm³/mol. The summed E-state index contributed by atoms with van der Waals surface area (Å²) in [6, 6.07) is 11.3. The van der Waals surface area contributed by atoms with Crippen LogP contribution in [0.4, 0.5) is 10.1 Å². The highest BCUT2D eigenvalue weighted by Gasteiger charge is 2.04. The van der Waals surface area contributed by atoms with Gasteiger partial charge in [0.1, 0.15) is 11.9 Å². The molecule has 2 nitrogen and oxygen atoms in total. The van der Waals surface area contributed by atoms with Crippen molar-refractivity contribution in [3.63, 3.8) is 0 Å². The molecule has 0 saturated carbocycles. The number of hydrogen-bond acceptors (Lipinski definition) is 2. The molecule has 0 saturated heterocycles. The third-order valence-corrected chi connectivity index (χ3v) is 3.13. The number of nitrogens with one attached hydrogen (secondary N) is 1.